The predicted molar refractivity (Wildman–Crippen MR) is 40.5 cm³/mol. The lowest BCUT2D eigenvalue weighted by Gasteiger charge is -2.19. The Bertz CT molecular complexity index is 166. The molecule has 0 saturated heterocycles. The maximum atomic E-state index is 11.4. The van der Waals surface area contributed by atoms with E-state index in [9.17, 15) is 4.79 Å². The summed E-state index contributed by atoms with van der Waals surface area (Å²) in [7, 11) is 3.09. The van der Waals surface area contributed by atoms with E-state index in [1.807, 2.05) is 0 Å². The van der Waals surface area contributed by atoms with Crippen LogP contribution in [0.3, 0.4) is 0 Å². The average Bonchev–Trinajstić information content (AvgIpc) is 2.82. The molecule has 0 aromatic rings. The molecule has 1 rings (SSSR count). The fourth-order valence-electron chi connectivity index (χ4n) is 1.07. The topological polar surface area (TPSA) is 55.6 Å². The summed E-state index contributed by atoms with van der Waals surface area (Å²) in [5, 5.41) is 1.25. The quantitative estimate of drug-likeness (QED) is 0.576. The third-order valence-corrected chi connectivity index (χ3v) is 2.26. The normalized spacial score (nSPS) is 19.5. The average molecular weight is 158 g/mol. The molecule has 0 bridgehead atoms. The van der Waals surface area contributed by atoms with Crippen LogP contribution in [0, 0.1) is 5.41 Å². The minimum atomic E-state index is -0.287. The van der Waals surface area contributed by atoms with Gasteiger partial charge in [0.25, 0.3) is 5.91 Å². The van der Waals surface area contributed by atoms with Crippen LogP contribution < -0.4 is 5.73 Å². The summed E-state index contributed by atoms with van der Waals surface area (Å²) < 4.78 is 0. The van der Waals surface area contributed by atoms with Crippen molar-refractivity contribution in [2.45, 2.75) is 12.8 Å². The smallest absolute Gasteiger partial charge is 0.253 e. The van der Waals surface area contributed by atoms with Gasteiger partial charge in [-0.3, -0.25) is 9.63 Å². The zero-order valence-corrected chi connectivity index (χ0v) is 6.96. The molecule has 0 atom stereocenters. The van der Waals surface area contributed by atoms with Gasteiger partial charge in [0.1, 0.15) is 0 Å². The number of hydrogen-bond acceptors (Lipinski definition) is 3. The highest BCUT2D eigenvalue weighted by Gasteiger charge is 2.50. The summed E-state index contributed by atoms with van der Waals surface area (Å²) in [6.07, 6.45) is 1.80. The van der Waals surface area contributed by atoms with Crippen LogP contribution >= 0.6 is 0 Å². The van der Waals surface area contributed by atoms with Gasteiger partial charge in [0, 0.05) is 13.6 Å². The van der Waals surface area contributed by atoms with Crippen molar-refractivity contribution in [3.05, 3.63) is 0 Å². The van der Waals surface area contributed by atoms with Crippen molar-refractivity contribution in [2.24, 2.45) is 11.1 Å². The first-order valence-electron chi connectivity index (χ1n) is 3.68. The number of nitrogens with zero attached hydrogens (tertiary/aromatic N) is 1. The van der Waals surface area contributed by atoms with Crippen LogP contribution in [0.15, 0.2) is 0 Å². The molecule has 0 radical (unpaired) electrons. The Morgan fingerprint density at radius 2 is 2.27 bits per heavy atom. The Balaban J connectivity index is 2.53. The van der Waals surface area contributed by atoms with Crippen molar-refractivity contribution in [1.29, 1.82) is 0 Å². The molecule has 0 heterocycles. The maximum absolute atomic E-state index is 11.4. The van der Waals surface area contributed by atoms with E-state index in [4.69, 9.17) is 10.6 Å². The van der Waals surface area contributed by atoms with E-state index in [-0.39, 0.29) is 11.3 Å². The van der Waals surface area contributed by atoms with Crippen LogP contribution in [0.2, 0.25) is 0 Å². The van der Waals surface area contributed by atoms with Gasteiger partial charge in [-0.25, -0.2) is 5.06 Å². The van der Waals surface area contributed by atoms with E-state index in [0.717, 1.165) is 12.8 Å². The molecular weight excluding hydrogens is 144 g/mol. The lowest BCUT2D eigenvalue weighted by molar-refractivity contribution is -0.174. The molecule has 11 heavy (non-hydrogen) atoms. The Hall–Kier alpha value is -0.610. The first-order chi connectivity index (χ1) is 5.16. The number of amides is 1. The van der Waals surface area contributed by atoms with E-state index < -0.39 is 0 Å². The molecule has 0 aromatic heterocycles. The van der Waals surface area contributed by atoms with E-state index in [1.165, 1.54) is 12.2 Å². The second-order valence-corrected chi connectivity index (χ2v) is 2.97. The number of hydroxylamine groups is 2. The Labute approximate surface area is 66.3 Å². The molecule has 4 nitrogen and oxygen atoms in total. The van der Waals surface area contributed by atoms with Gasteiger partial charge in [0.2, 0.25) is 0 Å². The number of carbonyl (C=O) groups excluding carboxylic acids is 1. The molecule has 0 aromatic carbocycles. The molecule has 1 aliphatic rings. The van der Waals surface area contributed by atoms with Crippen LogP contribution in [0.25, 0.3) is 0 Å². The van der Waals surface area contributed by atoms with Crippen molar-refractivity contribution in [3.63, 3.8) is 0 Å². The van der Waals surface area contributed by atoms with E-state index in [1.54, 1.807) is 7.05 Å². The number of nitrogens with two attached hydrogens (primary N) is 1. The van der Waals surface area contributed by atoms with Gasteiger partial charge in [-0.15, -0.1) is 0 Å². The van der Waals surface area contributed by atoms with Gasteiger partial charge < -0.3 is 5.73 Å². The highest BCUT2D eigenvalue weighted by atomic mass is 16.7. The van der Waals surface area contributed by atoms with Gasteiger partial charge in [0.15, 0.2) is 0 Å². The molecule has 4 heteroatoms. The molecule has 1 fully saturated rings. The maximum Gasteiger partial charge on any atom is 0.253 e. The lowest BCUT2D eigenvalue weighted by atomic mass is 10.1. The molecule has 0 unspecified atom stereocenters. The van der Waals surface area contributed by atoms with Gasteiger partial charge in [-0.1, -0.05) is 0 Å². The van der Waals surface area contributed by atoms with Crippen molar-refractivity contribution in [1.82, 2.24) is 5.06 Å². The minimum Gasteiger partial charge on any atom is -0.329 e. The minimum absolute atomic E-state index is 0.00231. The molecule has 0 spiro atoms. The summed E-state index contributed by atoms with van der Waals surface area (Å²) in [5.74, 6) is 0.00231. The van der Waals surface area contributed by atoms with Gasteiger partial charge in [-0.05, 0) is 12.8 Å². The fourth-order valence-corrected chi connectivity index (χ4v) is 1.07. The lowest BCUT2D eigenvalue weighted by Crippen LogP contribution is -2.37. The van der Waals surface area contributed by atoms with Crippen LogP contribution in [0.4, 0.5) is 0 Å². The molecule has 2 N–H and O–H groups in total. The van der Waals surface area contributed by atoms with Gasteiger partial charge in [-0.2, -0.15) is 0 Å². The van der Waals surface area contributed by atoms with Gasteiger partial charge in [0.05, 0.1) is 12.5 Å². The molecule has 0 aliphatic heterocycles. The number of carbonyl (C=O) groups is 1. The Morgan fingerprint density at radius 1 is 1.73 bits per heavy atom. The summed E-state index contributed by atoms with van der Waals surface area (Å²) in [6, 6.07) is 0. The second-order valence-electron chi connectivity index (χ2n) is 2.97. The first kappa shape index (κ1) is 8.49. The molecule has 1 amide bonds. The third-order valence-electron chi connectivity index (χ3n) is 2.26. The van der Waals surface area contributed by atoms with Crippen LogP contribution in [-0.2, 0) is 9.63 Å². The summed E-state index contributed by atoms with van der Waals surface area (Å²) in [4.78, 5) is 16.2. The van der Waals surface area contributed by atoms with Crippen molar-refractivity contribution >= 4 is 5.91 Å². The van der Waals surface area contributed by atoms with Crippen LogP contribution in [0.5, 0.6) is 0 Å². The molecule has 1 saturated carbocycles. The highest BCUT2D eigenvalue weighted by molar-refractivity contribution is 5.84. The van der Waals surface area contributed by atoms with Crippen LogP contribution in [-0.4, -0.2) is 31.7 Å². The van der Waals surface area contributed by atoms with Crippen molar-refractivity contribution < 1.29 is 9.63 Å². The molecule has 64 valence electrons. The monoisotopic (exact) mass is 158 g/mol. The third kappa shape index (κ3) is 1.36. The molecule has 1 aliphatic carbocycles. The summed E-state index contributed by atoms with van der Waals surface area (Å²) in [6.45, 7) is 0.430. The van der Waals surface area contributed by atoms with E-state index in [2.05, 4.69) is 0 Å². The van der Waals surface area contributed by atoms with Crippen molar-refractivity contribution in [2.75, 3.05) is 20.7 Å². The fraction of sp³-hybridized carbons (Fsp3) is 0.857. The summed E-state index contributed by atoms with van der Waals surface area (Å²) >= 11 is 0. The molecular formula is C7H14N2O2. The van der Waals surface area contributed by atoms with E-state index in [0.29, 0.717) is 6.54 Å². The van der Waals surface area contributed by atoms with Gasteiger partial charge >= 0.3 is 0 Å². The SMILES string of the molecule is CON(C)C(=O)C1(CN)CC1. The summed E-state index contributed by atoms with van der Waals surface area (Å²) in [5.41, 5.74) is 5.17. The standard InChI is InChI=1S/C7H14N2O2/c1-9(11-2)6(10)7(5-8)3-4-7/h3-5,8H2,1-2H3. The largest absolute Gasteiger partial charge is 0.329 e. The predicted octanol–water partition coefficient (Wildman–Crippen LogP) is -0.255. The number of hydrogen-bond donors (Lipinski definition) is 1. The zero-order chi connectivity index (χ0) is 8.48. The Morgan fingerprint density at radius 3 is 2.55 bits per heavy atom. The first-order valence-corrected chi connectivity index (χ1v) is 3.68. The van der Waals surface area contributed by atoms with Crippen LogP contribution in [0.1, 0.15) is 12.8 Å². The Kier molecular flexibility index (Phi) is 2.15. The van der Waals surface area contributed by atoms with E-state index >= 15 is 0 Å². The van der Waals surface area contributed by atoms with Crippen molar-refractivity contribution in [3.8, 4) is 0 Å². The highest BCUT2D eigenvalue weighted by Crippen LogP contribution is 2.45. The number of rotatable bonds is 3. The zero-order valence-electron chi connectivity index (χ0n) is 6.96. The second kappa shape index (κ2) is 2.79.